The van der Waals surface area contributed by atoms with E-state index in [1.165, 1.54) is 12.8 Å². The maximum absolute atomic E-state index is 14.1. The van der Waals surface area contributed by atoms with Gasteiger partial charge in [-0.1, -0.05) is 33.6 Å². The van der Waals surface area contributed by atoms with Gasteiger partial charge in [0.15, 0.2) is 0 Å². The van der Waals surface area contributed by atoms with Gasteiger partial charge < -0.3 is 4.74 Å². The molecule has 88 valence electrons. The zero-order chi connectivity index (χ0) is 11.1. The van der Waals surface area contributed by atoms with Gasteiger partial charge in [-0.2, -0.15) is 0 Å². The van der Waals surface area contributed by atoms with Crippen LogP contribution in [0.3, 0.4) is 0 Å². The first-order valence-electron chi connectivity index (χ1n) is 6.27. The van der Waals surface area contributed by atoms with E-state index < -0.39 is 6.17 Å². The minimum absolute atomic E-state index is 0.141. The van der Waals surface area contributed by atoms with Gasteiger partial charge in [0.25, 0.3) is 0 Å². The molecule has 1 heterocycles. The van der Waals surface area contributed by atoms with E-state index in [0.717, 1.165) is 19.3 Å². The lowest BCUT2D eigenvalue weighted by atomic mass is 9.81. The molecule has 0 N–H and O–H groups in total. The standard InChI is InChI=1S/C13H23FO/c1-13(2,3)8-11-12(14)9-6-4-5-7-10(9)15-11/h9-12H,4-8H2,1-3H3. The SMILES string of the molecule is CC(C)(C)CC1OC2CCCCC2C1F. The first-order valence-corrected chi connectivity index (χ1v) is 6.27. The lowest BCUT2D eigenvalue weighted by Gasteiger charge is -2.24. The van der Waals surface area contributed by atoms with Crippen molar-refractivity contribution < 1.29 is 9.13 Å². The van der Waals surface area contributed by atoms with E-state index in [0.29, 0.717) is 0 Å². The molecule has 2 fully saturated rings. The van der Waals surface area contributed by atoms with E-state index in [9.17, 15) is 4.39 Å². The Morgan fingerprint density at radius 1 is 1.20 bits per heavy atom. The first-order chi connectivity index (χ1) is 6.97. The summed E-state index contributed by atoms with van der Waals surface area (Å²) in [6.45, 7) is 6.47. The zero-order valence-corrected chi connectivity index (χ0v) is 10.1. The fourth-order valence-electron chi connectivity index (χ4n) is 3.00. The smallest absolute Gasteiger partial charge is 0.131 e. The number of alkyl halides is 1. The molecule has 1 nitrogen and oxygen atoms in total. The molecule has 2 aliphatic rings. The molecular formula is C13H23FO. The Bertz CT molecular complexity index is 221. The Labute approximate surface area is 92.4 Å². The van der Waals surface area contributed by atoms with Gasteiger partial charge in [0.1, 0.15) is 6.17 Å². The van der Waals surface area contributed by atoms with Gasteiger partial charge in [-0.3, -0.25) is 0 Å². The van der Waals surface area contributed by atoms with Crippen molar-refractivity contribution in [2.75, 3.05) is 0 Å². The summed E-state index contributed by atoms with van der Waals surface area (Å²) in [5, 5.41) is 0. The van der Waals surface area contributed by atoms with Gasteiger partial charge in [0.05, 0.1) is 12.2 Å². The molecule has 1 saturated heterocycles. The summed E-state index contributed by atoms with van der Waals surface area (Å²) >= 11 is 0. The number of rotatable bonds is 1. The number of halogens is 1. The summed E-state index contributed by atoms with van der Waals surface area (Å²) in [4.78, 5) is 0. The predicted molar refractivity (Wildman–Crippen MR) is 59.6 cm³/mol. The second-order valence-corrected chi connectivity index (χ2v) is 6.37. The van der Waals surface area contributed by atoms with Crippen LogP contribution < -0.4 is 0 Å². The van der Waals surface area contributed by atoms with Crippen molar-refractivity contribution in [3.63, 3.8) is 0 Å². The van der Waals surface area contributed by atoms with Crippen LogP contribution in [0.4, 0.5) is 4.39 Å². The highest BCUT2D eigenvalue weighted by molar-refractivity contribution is 4.94. The molecule has 0 aromatic rings. The molecule has 1 saturated carbocycles. The summed E-state index contributed by atoms with van der Waals surface area (Å²) in [6.07, 6.45) is 4.73. The van der Waals surface area contributed by atoms with E-state index in [2.05, 4.69) is 20.8 Å². The molecule has 0 spiro atoms. The topological polar surface area (TPSA) is 9.23 Å². The molecule has 4 atom stereocenters. The number of ether oxygens (including phenoxy) is 1. The molecule has 1 aliphatic carbocycles. The molecule has 0 bridgehead atoms. The van der Waals surface area contributed by atoms with Gasteiger partial charge in [-0.25, -0.2) is 4.39 Å². The van der Waals surface area contributed by atoms with Gasteiger partial charge >= 0.3 is 0 Å². The molecule has 2 heteroatoms. The van der Waals surface area contributed by atoms with E-state index in [1.54, 1.807) is 0 Å². The summed E-state index contributed by atoms with van der Waals surface area (Å²) in [6, 6.07) is 0. The quantitative estimate of drug-likeness (QED) is 0.646. The third kappa shape index (κ3) is 2.52. The monoisotopic (exact) mass is 214 g/mol. The number of hydrogen-bond donors (Lipinski definition) is 0. The minimum Gasteiger partial charge on any atom is -0.372 e. The average Bonchev–Trinajstić information content (AvgIpc) is 2.42. The molecule has 4 unspecified atom stereocenters. The third-order valence-electron chi connectivity index (χ3n) is 3.68. The van der Waals surface area contributed by atoms with Crippen molar-refractivity contribution in [3.8, 4) is 0 Å². The highest BCUT2D eigenvalue weighted by Crippen LogP contribution is 2.42. The fourth-order valence-corrected chi connectivity index (χ4v) is 3.00. The highest BCUT2D eigenvalue weighted by Gasteiger charge is 2.46. The van der Waals surface area contributed by atoms with Crippen LogP contribution >= 0.6 is 0 Å². The van der Waals surface area contributed by atoms with Crippen molar-refractivity contribution >= 4 is 0 Å². The van der Waals surface area contributed by atoms with Crippen LogP contribution in [0.15, 0.2) is 0 Å². The second-order valence-electron chi connectivity index (χ2n) is 6.37. The van der Waals surface area contributed by atoms with E-state index >= 15 is 0 Å². The summed E-state index contributed by atoms with van der Waals surface area (Å²) < 4.78 is 20.0. The van der Waals surface area contributed by atoms with Crippen molar-refractivity contribution in [2.24, 2.45) is 11.3 Å². The van der Waals surface area contributed by atoms with Crippen LogP contribution in [-0.2, 0) is 4.74 Å². The summed E-state index contributed by atoms with van der Waals surface area (Å²) in [5.74, 6) is 0.200. The summed E-state index contributed by atoms with van der Waals surface area (Å²) in [7, 11) is 0. The van der Waals surface area contributed by atoms with Crippen LogP contribution in [-0.4, -0.2) is 18.4 Å². The molecule has 0 aromatic heterocycles. The van der Waals surface area contributed by atoms with Gasteiger partial charge in [0, 0.05) is 5.92 Å². The molecule has 0 aromatic carbocycles. The first kappa shape index (κ1) is 11.4. The largest absolute Gasteiger partial charge is 0.372 e. The molecule has 1 aliphatic heterocycles. The normalized spacial score (nSPS) is 41.6. The number of hydrogen-bond acceptors (Lipinski definition) is 1. The van der Waals surface area contributed by atoms with Crippen molar-refractivity contribution in [3.05, 3.63) is 0 Å². The van der Waals surface area contributed by atoms with E-state index in [1.807, 2.05) is 0 Å². The van der Waals surface area contributed by atoms with Crippen molar-refractivity contribution in [1.29, 1.82) is 0 Å². The molecule has 15 heavy (non-hydrogen) atoms. The minimum atomic E-state index is -0.713. The lowest BCUT2D eigenvalue weighted by Crippen LogP contribution is -2.28. The molecule has 2 rings (SSSR count). The van der Waals surface area contributed by atoms with Crippen molar-refractivity contribution in [1.82, 2.24) is 0 Å². The van der Waals surface area contributed by atoms with Crippen LogP contribution in [0, 0.1) is 11.3 Å². The Morgan fingerprint density at radius 3 is 2.47 bits per heavy atom. The average molecular weight is 214 g/mol. The van der Waals surface area contributed by atoms with Crippen LogP contribution in [0.1, 0.15) is 52.9 Å². The van der Waals surface area contributed by atoms with Gasteiger partial charge in [-0.05, 0) is 24.7 Å². The zero-order valence-electron chi connectivity index (χ0n) is 10.1. The Hall–Kier alpha value is -0.110. The summed E-state index contributed by atoms with van der Waals surface area (Å²) in [5.41, 5.74) is 0.169. The maximum atomic E-state index is 14.1. The van der Waals surface area contributed by atoms with Crippen LogP contribution in [0.5, 0.6) is 0 Å². The molecule has 0 radical (unpaired) electrons. The van der Waals surface area contributed by atoms with E-state index in [-0.39, 0.29) is 23.5 Å². The fraction of sp³-hybridized carbons (Fsp3) is 1.00. The highest BCUT2D eigenvalue weighted by atomic mass is 19.1. The third-order valence-corrected chi connectivity index (χ3v) is 3.68. The predicted octanol–water partition coefficient (Wildman–Crippen LogP) is 3.72. The van der Waals surface area contributed by atoms with Gasteiger partial charge in [0.2, 0.25) is 0 Å². The number of fused-ring (bicyclic) bond motifs is 1. The van der Waals surface area contributed by atoms with Crippen LogP contribution in [0.25, 0.3) is 0 Å². The Kier molecular flexibility index (Phi) is 3.07. The molecule has 0 amide bonds. The Morgan fingerprint density at radius 2 is 1.87 bits per heavy atom. The van der Waals surface area contributed by atoms with E-state index in [4.69, 9.17) is 4.74 Å². The van der Waals surface area contributed by atoms with Gasteiger partial charge in [-0.15, -0.1) is 0 Å². The maximum Gasteiger partial charge on any atom is 0.131 e. The van der Waals surface area contributed by atoms with Crippen molar-refractivity contribution in [2.45, 2.75) is 71.3 Å². The lowest BCUT2D eigenvalue weighted by molar-refractivity contribution is -0.00505. The molecular weight excluding hydrogens is 191 g/mol. The second kappa shape index (κ2) is 4.04. The van der Waals surface area contributed by atoms with Crippen LogP contribution in [0.2, 0.25) is 0 Å². The Balaban J connectivity index is 1.98.